The average Bonchev–Trinajstić information content (AvgIpc) is 2.66. The summed E-state index contributed by atoms with van der Waals surface area (Å²) in [5.74, 6) is -0.917. The number of halogens is 1. The first-order chi connectivity index (χ1) is 12.9. The Labute approximate surface area is 162 Å². The third-order valence-electron chi connectivity index (χ3n) is 4.01. The van der Waals surface area contributed by atoms with Crippen LogP contribution in [0.2, 0.25) is 5.02 Å². The van der Waals surface area contributed by atoms with Gasteiger partial charge in [0.15, 0.2) is 12.4 Å². The summed E-state index contributed by atoms with van der Waals surface area (Å²) >= 11 is 5.85. The van der Waals surface area contributed by atoms with E-state index >= 15 is 0 Å². The van der Waals surface area contributed by atoms with E-state index in [9.17, 15) is 14.4 Å². The lowest BCUT2D eigenvalue weighted by Gasteiger charge is -2.17. The maximum atomic E-state index is 12.1. The molecule has 0 radical (unpaired) electrons. The molecule has 7 heteroatoms. The van der Waals surface area contributed by atoms with E-state index in [0.717, 1.165) is 12.0 Å². The van der Waals surface area contributed by atoms with Gasteiger partial charge in [0, 0.05) is 10.6 Å². The first-order valence-electron chi connectivity index (χ1n) is 8.48. The maximum Gasteiger partial charge on any atom is 0.312 e. The van der Waals surface area contributed by atoms with Gasteiger partial charge in [-0.3, -0.25) is 9.59 Å². The fourth-order valence-electron chi connectivity index (χ4n) is 2.50. The van der Waals surface area contributed by atoms with Gasteiger partial charge in [0.05, 0.1) is 12.5 Å². The van der Waals surface area contributed by atoms with Crippen molar-refractivity contribution in [2.75, 3.05) is 6.61 Å². The van der Waals surface area contributed by atoms with Crippen LogP contribution in [0.15, 0.2) is 48.5 Å². The van der Waals surface area contributed by atoms with Gasteiger partial charge in [0.25, 0.3) is 0 Å². The maximum absolute atomic E-state index is 12.1. The number of primary amides is 1. The average molecular weight is 389 g/mol. The van der Waals surface area contributed by atoms with E-state index in [2.05, 4.69) is 5.32 Å². The van der Waals surface area contributed by atoms with Crippen molar-refractivity contribution < 1.29 is 19.1 Å². The Balaban J connectivity index is 1.95. The van der Waals surface area contributed by atoms with Gasteiger partial charge in [-0.25, -0.2) is 4.79 Å². The van der Waals surface area contributed by atoms with E-state index < -0.39 is 18.0 Å². The number of ether oxygens (including phenoxy) is 1. The van der Waals surface area contributed by atoms with Crippen molar-refractivity contribution in [3.05, 3.63) is 70.2 Å². The van der Waals surface area contributed by atoms with Crippen LogP contribution in [0.5, 0.6) is 0 Å². The van der Waals surface area contributed by atoms with Gasteiger partial charge < -0.3 is 15.8 Å². The molecule has 2 amide bonds. The van der Waals surface area contributed by atoms with Crippen molar-refractivity contribution in [1.29, 1.82) is 0 Å². The summed E-state index contributed by atoms with van der Waals surface area (Å²) < 4.78 is 5.07. The predicted molar refractivity (Wildman–Crippen MR) is 103 cm³/mol. The molecule has 0 aliphatic rings. The molecule has 1 atom stereocenters. The SMILES string of the molecule is CCc1ccc(C(=O)COC(=O)C[C@@H](NC(N)=O)c2ccc(Cl)cc2)cc1. The molecule has 6 nitrogen and oxygen atoms in total. The van der Waals surface area contributed by atoms with Gasteiger partial charge in [-0.15, -0.1) is 0 Å². The Morgan fingerprint density at radius 1 is 1.07 bits per heavy atom. The number of carbonyl (C=O) groups excluding carboxylic acids is 3. The van der Waals surface area contributed by atoms with Crippen molar-refractivity contribution in [3.8, 4) is 0 Å². The molecule has 2 aromatic carbocycles. The monoisotopic (exact) mass is 388 g/mol. The lowest BCUT2D eigenvalue weighted by molar-refractivity contribution is -0.143. The van der Waals surface area contributed by atoms with Crippen LogP contribution in [0, 0.1) is 0 Å². The number of ketones is 1. The molecule has 0 aliphatic heterocycles. The molecule has 0 fully saturated rings. The Bertz CT molecular complexity index is 804. The molecule has 0 saturated carbocycles. The number of hydrogen-bond donors (Lipinski definition) is 2. The number of amides is 2. The highest BCUT2D eigenvalue weighted by Gasteiger charge is 2.19. The van der Waals surface area contributed by atoms with Crippen molar-refractivity contribution in [3.63, 3.8) is 0 Å². The van der Waals surface area contributed by atoms with Gasteiger partial charge in [0.1, 0.15) is 0 Å². The molecule has 27 heavy (non-hydrogen) atoms. The number of carbonyl (C=O) groups is 3. The standard InChI is InChI=1S/C20H21ClN2O4/c1-2-13-3-5-15(6-4-13)18(24)12-27-19(25)11-17(23-20(22)26)14-7-9-16(21)10-8-14/h3-10,17H,2,11-12H2,1H3,(H3,22,23,26)/t17-/m1/s1. The summed E-state index contributed by atoms with van der Waals surface area (Å²) in [5.41, 5.74) is 7.42. The number of nitrogens with one attached hydrogen (secondary N) is 1. The van der Waals surface area contributed by atoms with Crippen molar-refractivity contribution >= 4 is 29.4 Å². The van der Waals surface area contributed by atoms with E-state index in [1.165, 1.54) is 0 Å². The van der Waals surface area contributed by atoms with Gasteiger partial charge in [-0.05, 0) is 29.7 Å². The number of hydrogen-bond acceptors (Lipinski definition) is 4. The lowest BCUT2D eigenvalue weighted by atomic mass is 10.0. The second-order valence-corrected chi connectivity index (χ2v) is 6.39. The summed E-state index contributed by atoms with van der Waals surface area (Å²) in [7, 11) is 0. The first-order valence-corrected chi connectivity index (χ1v) is 8.86. The van der Waals surface area contributed by atoms with Crippen LogP contribution in [-0.2, 0) is 16.0 Å². The fourth-order valence-corrected chi connectivity index (χ4v) is 2.63. The normalized spacial score (nSPS) is 11.5. The van der Waals surface area contributed by atoms with Gasteiger partial charge in [-0.1, -0.05) is 54.9 Å². The molecule has 0 aromatic heterocycles. The van der Waals surface area contributed by atoms with E-state index in [0.29, 0.717) is 16.1 Å². The minimum atomic E-state index is -0.769. The predicted octanol–water partition coefficient (Wildman–Crippen LogP) is 3.43. The highest BCUT2D eigenvalue weighted by Crippen LogP contribution is 2.20. The molecule has 2 rings (SSSR count). The third-order valence-corrected chi connectivity index (χ3v) is 4.26. The molecular weight excluding hydrogens is 368 g/mol. The van der Waals surface area contributed by atoms with Crippen LogP contribution >= 0.6 is 11.6 Å². The third kappa shape index (κ3) is 6.42. The first kappa shape index (κ1) is 20.5. The van der Waals surface area contributed by atoms with Crippen LogP contribution in [0.25, 0.3) is 0 Å². The number of rotatable bonds is 8. The molecular formula is C20H21ClN2O4. The Kier molecular flexibility index (Phi) is 7.37. The van der Waals surface area contributed by atoms with Crippen LogP contribution in [0.1, 0.15) is 40.9 Å². The minimum Gasteiger partial charge on any atom is -0.457 e. The molecule has 2 aromatic rings. The molecule has 0 spiro atoms. The minimum absolute atomic E-state index is 0.160. The van der Waals surface area contributed by atoms with E-state index in [1.807, 2.05) is 19.1 Å². The highest BCUT2D eigenvalue weighted by molar-refractivity contribution is 6.30. The number of nitrogens with two attached hydrogens (primary N) is 1. The fraction of sp³-hybridized carbons (Fsp3) is 0.250. The second-order valence-electron chi connectivity index (χ2n) is 5.95. The number of aryl methyl sites for hydroxylation is 1. The topological polar surface area (TPSA) is 98.5 Å². The summed E-state index contributed by atoms with van der Waals surface area (Å²) in [6.45, 7) is 1.66. The molecule has 3 N–H and O–H groups in total. The molecule has 142 valence electrons. The van der Waals surface area contributed by atoms with Crippen molar-refractivity contribution in [2.24, 2.45) is 5.73 Å². The zero-order valence-corrected chi connectivity index (χ0v) is 15.7. The number of benzene rings is 2. The number of esters is 1. The zero-order chi connectivity index (χ0) is 19.8. The molecule has 0 heterocycles. The molecule has 0 bridgehead atoms. The number of urea groups is 1. The largest absolute Gasteiger partial charge is 0.457 e. The quantitative estimate of drug-likeness (QED) is 0.534. The smallest absolute Gasteiger partial charge is 0.312 e. The van der Waals surface area contributed by atoms with E-state index in [1.54, 1.807) is 36.4 Å². The summed E-state index contributed by atoms with van der Waals surface area (Å²) in [6, 6.07) is 12.3. The van der Waals surface area contributed by atoms with Crippen LogP contribution in [0.4, 0.5) is 4.79 Å². The Morgan fingerprint density at radius 3 is 2.26 bits per heavy atom. The summed E-state index contributed by atoms with van der Waals surface area (Å²) in [6.07, 6.45) is 0.717. The van der Waals surface area contributed by atoms with Crippen LogP contribution in [0.3, 0.4) is 0 Å². The lowest BCUT2D eigenvalue weighted by Crippen LogP contribution is -2.34. The number of Topliss-reactive ketones (excluding diaryl/α,β-unsaturated/α-hetero) is 1. The second kappa shape index (κ2) is 9.73. The van der Waals surface area contributed by atoms with Gasteiger partial charge in [-0.2, -0.15) is 0 Å². The van der Waals surface area contributed by atoms with Gasteiger partial charge in [0.2, 0.25) is 0 Å². The van der Waals surface area contributed by atoms with Crippen molar-refractivity contribution in [1.82, 2.24) is 5.32 Å². The molecule has 0 unspecified atom stereocenters. The Morgan fingerprint density at radius 2 is 1.70 bits per heavy atom. The van der Waals surface area contributed by atoms with Crippen LogP contribution in [-0.4, -0.2) is 24.4 Å². The molecule has 0 saturated heterocycles. The van der Waals surface area contributed by atoms with E-state index in [-0.39, 0.29) is 18.8 Å². The van der Waals surface area contributed by atoms with Crippen molar-refractivity contribution in [2.45, 2.75) is 25.8 Å². The zero-order valence-electron chi connectivity index (χ0n) is 14.9. The van der Waals surface area contributed by atoms with E-state index in [4.69, 9.17) is 22.1 Å². The Hall–Kier alpha value is -2.86. The van der Waals surface area contributed by atoms with Crippen LogP contribution < -0.4 is 11.1 Å². The molecule has 0 aliphatic carbocycles. The summed E-state index contributed by atoms with van der Waals surface area (Å²) in [4.78, 5) is 35.5. The highest BCUT2D eigenvalue weighted by atomic mass is 35.5. The van der Waals surface area contributed by atoms with Gasteiger partial charge >= 0.3 is 12.0 Å². The summed E-state index contributed by atoms with van der Waals surface area (Å²) in [5, 5.41) is 3.02.